The number of hydrogen-bond donors (Lipinski definition) is 0. The summed E-state index contributed by atoms with van der Waals surface area (Å²) in [5.74, 6) is -0.585. The summed E-state index contributed by atoms with van der Waals surface area (Å²) < 4.78 is 5.55. The molecule has 0 aliphatic rings. The van der Waals surface area contributed by atoms with Gasteiger partial charge in [-0.05, 0) is 32.6 Å². The largest absolute Gasteiger partial charge is 0.344 e. The molecule has 0 fully saturated rings. The van der Waals surface area contributed by atoms with E-state index in [9.17, 15) is 5.11 Å². The third kappa shape index (κ3) is 4.97. The van der Waals surface area contributed by atoms with Gasteiger partial charge in [-0.1, -0.05) is 27.7 Å². The van der Waals surface area contributed by atoms with E-state index in [1.165, 1.54) is 0 Å². The SMILES string of the molecule is CCC(C)C(C)([O])OC(C)CC(C)C. The van der Waals surface area contributed by atoms with Crippen LogP contribution in [0, 0.1) is 11.8 Å². The highest BCUT2D eigenvalue weighted by Gasteiger charge is 2.32. The third-order valence-electron chi connectivity index (χ3n) is 2.75. The maximum absolute atomic E-state index is 12.0. The zero-order valence-corrected chi connectivity index (χ0v) is 10.5. The quantitative estimate of drug-likeness (QED) is 0.603. The summed E-state index contributed by atoms with van der Waals surface area (Å²) in [4.78, 5) is 0. The van der Waals surface area contributed by atoms with Gasteiger partial charge < -0.3 is 4.74 Å². The van der Waals surface area contributed by atoms with Crippen LogP contribution in [0.3, 0.4) is 0 Å². The molecule has 2 heteroatoms. The summed E-state index contributed by atoms with van der Waals surface area (Å²) in [6, 6.07) is 0. The molecule has 0 rings (SSSR count). The molecule has 3 unspecified atom stereocenters. The van der Waals surface area contributed by atoms with Crippen LogP contribution in [0.4, 0.5) is 0 Å². The minimum atomic E-state index is -1.23. The first-order valence-corrected chi connectivity index (χ1v) is 5.67. The van der Waals surface area contributed by atoms with Gasteiger partial charge in [0.25, 0.3) is 0 Å². The lowest BCUT2D eigenvalue weighted by atomic mass is 9.99. The first-order chi connectivity index (χ1) is 6.29. The summed E-state index contributed by atoms with van der Waals surface area (Å²) in [5, 5.41) is 12.0. The molecular weight excluding hydrogens is 176 g/mol. The zero-order chi connectivity index (χ0) is 11.4. The smallest absolute Gasteiger partial charge is 0.201 e. The van der Waals surface area contributed by atoms with Crippen LogP contribution in [-0.2, 0) is 9.84 Å². The molecule has 0 N–H and O–H groups in total. The molecule has 2 nitrogen and oxygen atoms in total. The fraction of sp³-hybridized carbons (Fsp3) is 1.00. The minimum absolute atomic E-state index is 0.0616. The highest BCUT2D eigenvalue weighted by molar-refractivity contribution is 4.69. The topological polar surface area (TPSA) is 29.1 Å². The lowest BCUT2D eigenvalue weighted by molar-refractivity contribution is -0.277. The van der Waals surface area contributed by atoms with Gasteiger partial charge in [-0.15, -0.1) is 0 Å². The summed E-state index contributed by atoms with van der Waals surface area (Å²) >= 11 is 0. The van der Waals surface area contributed by atoms with E-state index in [0.717, 1.165) is 12.8 Å². The van der Waals surface area contributed by atoms with E-state index in [2.05, 4.69) is 13.8 Å². The summed E-state index contributed by atoms with van der Waals surface area (Å²) in [5.41, 5.74) is 0. The fourth-order valence-corrected chi connectivity index (χ4v) is 1.60. The molecule has 0 saturated heterocycles. The van der Waals surface area contributed by atoms with E-state index in [4.69, 9.17) is 4.74 Å². The Morgan fingerprint density at radius 1 is 1.21 bits per heavy atom. The van der Waals surface area contributed by atoms with Crippen molar-refractivity contribution < 1.29 is 9.84 Å². The second kappa shape index (κ2) is 5.72. The Hall–Kier alpha value is -0.0800. The lowest BCUT2D eigenvalue weighted by Crippen LogP contribution is -2.37. The molecule has 0 amide bonds. The van der Waals surface area contributed by atoms with Crippen molar-refractivity contribution in [3.63, 3.8) is 0 Å². The van der Waals surface area contributed by atoms with Crippen LogP contribution in [0.1, 0.15) is 54.4 Å². The van der Waals surface area contributed by atoms with Crippen molar-refractivity contribution in [2.45, 2.75) is 66.3 Å². The van der Waals surface area contributed by atoms with Gasteiger partial charge in [-0.2, -0.15) is 5.11 Å². The van der Waals surface area contributed by atoms with E-state index in [-0.39, 0.29) is 12.0 Å². The van der Waals surface area contributed by atoms with Gasteiger partial charge in [0.05, 0.1) is 6.10 Å². The van der Waals surface area contributed by atoms with Gasteiger partial charge in [-0.25, -0.2) is 0 Å². The summed E-state index contributed by atoms with van der Waals surface area (Å²) in [6.07, 6.45) is 1.88. The van der Waals surface area contributed by atoms with Crippen LogP contribution >= 0.6 is 0 Å². The van der Waals surface area contributed by atoms with Crippen LogP contribution in [0.5, 0.6) is 0 Å². The Bertz CT molecular complexity index is 152. The van der Waals surface area contributed by atoms with Gasteiger partial charge in [0.1, 0.15) is 0 Å². The molecule has 3 atom stereocenters. The van der Waals surface area contributed by atoms with E-state index >= 15 is 0 Å². The van der Waals surface area contributed by atoms with Crippen molar-refractivity contribution in [3.05, 3.63) is 0 Å². The second-order valence-electron chi connectivity index (χ2n) is 4.88. The molecule has 0 aromatic carbocycles. The van der Waals surface area contributed by atoms with Gasteiger partial charge >= 0.3 is 0 Å². The second-order valence-corrected chi connectivity index (χ2v) is 4.88. The van der Waals surface area contributed by atoms with E-state index in [1.54, 1.807) is 6.92 Å². The standard InChI is InChI=1S/C12H25O2/c1-7-10(4)12(6,13)14-11(5)8-9(2)3/h9-11H,7-8H2,1-6H3. The average Bonchev–Trinajstić information content (AvgIpc) is 1.99. The van der Waals surface area contributed by atoms with Crippen LogP contribution in [-0.4, -0.2) is 11.9 Å². The highest BCUT2D eigenvalue weighted by Crippen LogP contribution is 2.25. The highest BCUT2D eigenvalue weighted by atomic mass is 16.6. The molecule has 0 aliphatic heterocycles. The maximum atomic E-state index is 12.0. The fourth-order valence-electron chi connectivity index (χ4n) is 1.60. The molecule has 0 aromatic heterocycles. The number of rotatable bonds is 6. The van der Waals surface area contributed by atoms with Crippen molar-refractivity contribution in [2.75, 3.05) is 0 Å². The maximum Gasteiger partial charge on any atom is 0.201 e. The Morgan fingerprint density at radius 3 is 2.07 bits per heavy atom. The van der Waals surface area contributed by atoms with Crippen LogP contribution < -0.4 is 0 Å². The predicted molar refractivity (Wildman–Crippen MR) is 58.5 cm³/mol. The molecule has 0 aromatic rings. The molecule has 14 heavy (non-hydrogen) atoms. The first-order valence-electron chi connectivity index (χ1n) is 5.67. The summed E-state index contributed by atoms with van der Waals surface area (Å²) in [6.45, 7) is 11.9. The van der Waals surface area contributed by atoms with Crippen LogP contribution in [0.2, 0.25) is 0 Å². The normalized spacial score (nSPS) is 20.6. The van der Waals surface area contributed by atoms with Gasteiger partial charge in [0, 0.05) is 5.92 Å². The number of hydrogen-bond acceptors (Lipinski definition) is 1. The number of ether oxygens (including phenoxy) is 1. The van der Waals surface area contributed by atoms with Gasteiger partial charge in [0.2, 0.25) is 5.79 Å². The lowest BCUT2D eigenvalue weighted by Gasteiger charge is -2.31. The van der Waals surface area contributed by atoms with Crippen LogP contribution in [0.25, 0.3) is 0 Å². The predicted octanol–water partition coefficient (Wildman–Crippen LogP) is 3.63. The first kappa shape index (κ1) is 13.9. The average molecular weight is 201 g/mol. The Labute approximate surface area is 88.7 Å². The van der Waals surface area contributed by atoms with E-state index in [0.29, 0.717) is 5.92 Å². The van der Waals surface area contributed by atoms with Crippen molar-refractivity contribution in [2.24, 2.45) is 11.8 Å². The zero-order valence-electron chi connectivity index (χ0n) is 10.5. The van der Waals surface area contributed by atoms with Gasteiger partial charge in [-0.3, -0.25) is 0 Å². The molecule has 85 valence electrons. The summed E-state index contributed by atoms with van der Waals surface area (Å²) in [7, 11) is 0. The van der Waals surface area contributed by atoms with E-state index in [1.807, 2.05) is 20.8 Å². The van der Waals surface area contributed by atoms with Crippen molar-refractivity contribution in [1.29, 1.82) is 0 Å². The third-order valence-corrected chi connectivity index (χ3v) is 2.75. The Balaban J connectivity index is 4.07. The van der Waals surface area contributed by atoms with Crippen molar-refractivity contribution in [1.82, 2.24) is 0 Å². The molecule has 0 saturated carbocycles. The molecule has 0 bridgehead atoms. The van der Waals surface area contributed by atoms with Crippen molar-refractivity contribution >= 4 is 0 Å². The Kier molecular flexibility index (Phi) is 5.68. The van der Waals surface area contributed by atoms with E-state index < -0.39 is 5.79 Å². The minimum Gasteiger partial charge on any atom is -0.344 e. The molecule has 1 radical (unpaired) electrons. The molecule has 0 spiro atoms. The monoisotopic (exact) mass is 201 g/mol. The Morgan fingerprint density at radius 2 is 1.71 bits per heavy atom. The van der Waals surface area contributed by atoms with Crippen LogP contribution in [0.15, 0.2) is 0 Å². The molecule has 0 heterocycles. The van der Waals surface area contributed by atoms with Crippen molar-refractivity contribution in [3.8, 4) is 0 Å². The van der Waals surface area contributed by atoms with Gasteiger partial charge in [0.15, 0.2) is 0 Å². The molecular formula is C12H25O2. The molecule has 0 aliphatic carbocycles.